The van der Waals surface area contributed by atoms with Gasteiger partial charge in [0.1, 0.15) is 21.4 Å². The number of nitrogens with zero attached hydrogens (tertiary/aromatic N) is 7. The first-order valence-electron chi connectivity index (χ1n) is 13.4. The van der Waals surface area contributed by atoms with Gasteiger partial charge in [-0.3, -0.25) is 4.79 Å². The Kier molecular flexibility index (Phi) is 9.35. The van der Waals surface area contributed by atoms with E-state index in [-0.39, 0.29) is 33.0 Å². The molecule has 0 unspecified atom stereocenters. The molecular weight excluding hydrogens is 660 g/mol. The summed E-state index contributed by atoms with van der Waals surface area (Å²) in [4.78, 5) is 30.2. The summed E-state index contributed by atoms with van der Waals surface area (Å²) in [7, 11) is -1.32. The van der Waals surface area contributed by atoms with E-state index in [0.717, 1.165) is 12.8 Å². The Balaban J connectivity index is 1.83. The van der Waals surface area contributed by atoms with Crippen LogP contribution in [0.1, 0.15) is 37.0 Å². The lowest BCUT2D eigenvalue weighted by Crippen LogP contribution is -2.29. The minimum atomic E-state index is -3.91. The highest BCUT2D eigenvalue weighted by molar-refractivity contribution is 9.10. The summed E-state index contributed by atoms with van der Waals surface area (Å²) in [5, 5.41) is -0.797. The van der Waals surface area contributed by atoms with Crippen LogP contribution in [0.5, 0.6) is 0 Å². The van der Waals surface area contributed by atoms with E-state index in [1.807, 2.05) is 0 Å². The van der Waals surface area contributed by atoms with E-state index >= 15 is 0 Å². The Morgan fingerprint density at radius 2 is 1.40 bits per heavy atom. The van der Waals surface area contributed by atoms with Crippen molar-refractivity contribution in [3.05, 3.63) is 46.8 Å². The van der Waals surface area contributed by atoms with Crippen LogP contribution in [-0.2, 0) is 19.9 Å². The number of pyridine rings is 3. The van der Waals surface area contributed by atoms with Crippen LogP contribution in [0.4, 0.5) is 28.8 Å². The van der Waals surface area contributed by atoms with Crippen LogP contribution >= 0.6 is 15.9 Å². The molecule has 4 heterocycles. The fourth-order valence-electron chi connectivity index (χ4n) is 4.57. The molecule has 16 heteroatoms. The van der Waals surface area contributed by atoms with Crippen LogP contribution in [0.2, 0.25) is 0 Å². The number of sulfonamides is 1. The Morgan fingerprint density at radius 3 is 1.98 bits per heavy atom. The molecule has 1 aliphatic rings. The van der Waals surface area contributed by atoms with Crippen LogP contribution in [0.3, 0.4) is 0 Å². The monoisotopic (exact) mass is 694 g/mol. The number of hydrogen-bond donors (Lipinski definition) is 1. The first-order valence-corrected chi connectivity index (χ1v) is 17.2. The van der Waals surface area contributed by atoms with Crippen LogP contribution in [0.25, 0.3) is 0 Å². The lowest BCUT2D eigenvalue weighted by Gasteiger charge is -2.26. The van der Waals surface area contributed by atoms with Crippen molar-refractivity contribution < 1.29 is 21.6 Å². The maximum absolute atomic E-state index is 13.7. The van der Waals surface area contributed by atoms with Gasteiger partial charge in [0.05, 0.1) is 34.6 Å². The molecule has 0 atom stereocenters. The number of aromatic nitrogens is 3. The quantitative estimate of drug-likeness (QED) is 0.349. The highest BCUT2D eigenvalue weighted by atomic mass is 79.9. The predicted octanol–water partition coefficient (Wildman–Crippen LogP) is 3.42. The van der Waals surface area contributed by atoms with Crippen molar-refractivity contribution in [1.82, 2.24) is 24.2 Å². The van der Waals surface area contributed by atoms with Crippen LogP contribution in [-0.4, -0.2) is 93.4 Å². The number of nitrogens with two attached hydrogens (primary N) is 1. The molecule has 13 nitrogen and oxygen atoms in total. The summed E-state index contributed by atoms with van der Waals surface area (Å²) in [5.74, 6) is -0.0629. The van der Waals surface area contributed by atoms with Crippen molar-refractivity contribution in [2.45, 2.75) is 41.7 Å². The molecule has 43 heavy (non-hydrogen) atoms. The molecule has 1 fully saturated rings. The highest BCUT2D eigenvalue weighted by Crippen LogP contribution is 2.37. The van der Waals surface area contributed by atoms with Gasteiger partial charge in [-0.15, -0.1) is 0 Å². The third-order valence-electron chi connectivity index (χ3n) is 7.18. The fourth-order valence-corrected chi connectivity index (χ4v) is 7.74. The molecule has 0 aliphatic carbocycles. The first kappa shape index (κ1) is 32.6. The summed E-state index contributed by atoms with van der Waals surface area (Å²) in [6.45, 7) is 3.91. The molecule has 0 spiro atoms. The highest BCUT2D eigenvalue weighted by Gasteiger charge is 2.32. The number of carbonyl (C=O) groups excluding carboxylic acids is 1. The maximum atomic E-state index is 13.7. The number of nitrogen functional groups attached to an aromatic ring is 1. The molecule has 3 aromatic heterocycles. The second-order valence-corrected chi connectivity index (χ2v) is 15.9. The Morgan fingerprint density at radius 1 is 0.860 bits per heavy atom. The average Bonchev–Trinajstić information content (AvgIpc) is 3.52. The maximum Gasteiger partial charge on any atom is 0.257 e. The summed E-state index contributed by atoms with van der Waals surface area (Å²) >= 11 is 3.36. The van der Waals surface area contributed by atoms with Gasteiger partial charge in [-0.2, -0.15) is 4.31 Å². The van der Waals surface area contributed by atoms with Crippen LogP contribution in [0, 0.1) is 0 Å². The molecule has 0 aromatic carbocycles. The molecule has 3 aromatic rings. The second-order valence-electron chi connectivity index (χ2n) is 10.6. The second kappa shape index (κ2) is 12.3. The third kappa shape index (κ3) is 6.32. The molecule has 4 rings (SSSR count). The zero-order valence-corrected chi connectivity index (χ0v) is 28.0. The van der Waals surface area contributed by atoms with Gasteiger partial charge in [0.15, 0.2) is 15.7 Å². The van der Waals surface area contributed by atoms with Gasteiger partial charge in [-0.05, 0) is 60.8 Å². The minimum absolute atomic E-state index is 0.0651. The standard InChI is InChI=1S/C27H35BrN8O5S2/c1-17(2)42(38,39)23-13-20(34(5)25-21(27(37)33(3)4)11-18(28)14-31-25)16-32-26(23)35(6)19-12-22(24(29)30-15-19)43(40,41)36-9-7-8-10-36/h11-17H,7-10H2,1-6H3,(H2,29,30). The molecule has 232 valence electrons. The summed E-state index contributed by atoms with van der Waals surface area (Å²) in [6.07, 6.45) is 5.89. The number of amides is 1. The van der Waals surface area contributed by atoms with E-state index in [2.05, 4.69) is 30.9 Å². The van der Waals surface area contributed by atoms with E-state index in [0.29, 0.717) is 34.6 Å². The van der Waals surface area contributed by atoms with E-state index in [1.54, 1.807) is 59.2 Å². The number of rotatable bonds is 9. The minimum Gasteiger partial charge on any atom is -0.383 e. The van der Waals surface area contributed by atoms with Crippen molar-refractivity contribution in [1.29, 1.82) is 0 Å². The van der Waals surface area contributed by atoms with E-state index < -0.39 is 25.1 Å². The molecule has 1 amide bonds. The van der Waals surface area contributed by atoms with Crippen LogP contribution in [0.15, 0.2) is 51.1 Å². The van der Waals surface area contributed by atoms with Gasteiger partial charge < -0.3 is 20.4 Å². The number of sulfone groups is 1. The van der Waals surface area contributed by atoms with Crippen molar-refractivity contribution in [2.75, 3.05) is 56.8 Å². The number of carbonyl (C=O) groups is 1. The summed E-state index contributed by atoms with van der Waals surface area (Å²) in [5.41, 5.74) is 6.96. The topological polar surface area (TPSA) is 163 Å². The molecule has 0 bridgehead atoms. The average molecular weight is 696 g/mol. The van der Waals surface area contributed by atoms with Crippen molar-refractivity contribution >= 4 is 70.5 Å². The normalized spacial score (nSPS) is 14.2. The molecule has 0 radical (unpaired) electrons. The molecule has 1 aliphatic heterocycles. The van der Waals surface area contributed by atoms with Crippen molar-refractivity contribution in [2.24, 2.45) is 0 Å². The summed E-state index contributed by atoms with van der Waals surface area (Å²) < 4.78 is 55.9. The van der Waals surface area contributed by atoms with Crippen molar-refractivity contribution in [3.8, 4) is 0 Å². The predicted molar refractivity (Wildman–Crippen MR) is 169 cm³/mol. The molecular formula is C27H35BrN8O5S2. The smallest absolute Gasteiger partial charge is 0.257 e. The molecule has 1 saturated heterocycles. The third-order valence-corrected chi connectivity index (χ3v) is 11.7. The number of halogens is 1. The van der Waals surface area contributed by atoms with Crippen LogP contribution < -0.4 is 15.5 Å². The lowest BCUT2D eigenvalue weighted by atomic mass is 10.2. The van der Waals surface area contributed by atoms with Gasteiger partial charge in [-0.1, -0.05) is 0 Å². The van der Waals surface area contributed by atoms with Gasteiger partial charge in [0, 0.05) is 51.9 Å². The summed E-state index contributed by atoms with van der Waals surface area (Å²) in [6, 6.07) is 4.49. The number of anilines is 5. The van der Waals surface area contributed by atoms with Gasteiger partial charge in [0.25, 0.3) is 5.91 Å². The van der Waals surface area contributed by atoms with E-state index in [1.165, 1.54) is 38.6 Å². The fraction of sp³-hybridized carbons (Fsp3) is 0.407. The Bertz CT molecular complexity index is 1760. The van der Waals surface area contributed by atoms with E-state index in [4.69, 9.17) is 5.73 Å². The zero-order valence-electron chi connectivity index (χ0n) is 24.8. The first-order chi connectivity index (χ1) is 20.1. The van der Waals surface area contributed by atoms with Gasteiger partial charge in [-0.25, -0.2) is 31.8 Å². The Labute approximate surface area is 260 Å². The SMILES string of the molecule is CC(C)S(=O)(=O)c1cc(N(C)c2ncc(Br)cc2C(=O)N(C)C)cnc1N(C)c1cnc(N)c(S(=O)(=O)N2CCCC2)c1. The van der Waals surface area contributed by atoms with E-state index in [9.17, 15) is 21.6 Å². The largest absolute Gasteiger partial charge is 0.383 e. The molecule has 0 saturated carbocycles. The molecule has 2 N–H and O–H groups in total. The lowest BCUT2D eigenvalue weighted by molar-refractivity contribution is 0.0828. The zero-order chi connectivity index (χ0) is 31.9. The van der Waals surface area contributed by atoms with Gasteiger partial charge >= 0.3 is 0 Å². The number of hydrogen-bond acceptors (Lipinski definition) is 11. The Hall–Kier alpha value is -3.34. The van der Waals surface area contributed by atoms with Crippen molar-refractivity contribution in [3.63, 3.8) is 0 Å². The van der Waals surface area contributed by atoms with Gasteiger partial charge in [0.2, 0.25) is 10.0 Å².